The molecule has 0 atom stereocenters. The second kappa shape index (κ2) is 6.78. The van der Waals surface area contributed by atoms with Crippen LogP contribution in [0.15, 0.2) is 48.5 Å². The van der Waals surface area contributed by atoms with Gasteiger partial charge >= 0.3 is 0 Å². The average Bonchev–Trinajstić information content (AvgIpc) is 2.46. The van der Waals surface area contributed by atoms with E-state index < -0.39 is 28.3 Å². The van der Waals surface area contributed by atoms with E-state index in [9.17, 15) is 17.6 Å². The molecule has 0 aliphatic heterocycles. The smallest absolute Gasteiger partial charge is 0.245 e. The fourth-order valence-corrected chi connectivity index (χ4v) is 2.85. The highest BCUT2D eigenvalue weighted by atomic mass is 32.2. The van der Waals surface area contributed by atoms with Gasteiger partial charge in [-0.1, -0.05) is 23.8 Å². The monoisotopic (exact) mass is 336 g/mol. The van der Waals surface area contributed by atoms with E-state index in [1.807, 2.05) is 19.1 Å². The van der Waals surface area contributed by atoms with Crippen LogP contribution in [0.25, 0.3) is 0 Å². The summed E-state index contributed by atoms with van der Waals surface area (Å²) in [4.78, 5) is 12.1. The SMILES string of the molecule is Cc1ccc(NC(=O)CN(c2cccc(F)c2)S(C)(=O)=O)cc1. The van der Waals surface area contributed by atoms with Gasteiger partial charge in [-0.25, -0.2) is 12.8 Å². The predicted molar refractivity (Wildman–Crippen MR) is 88.4 cm³/mol. The number of carbonyl (C=O) groups is 1. The molecule has 2 rings (SSSR count). The van der Waals surface area contributed by atoms with Crippen molar-refractivity contribution in [2.45, 2.75) is 6.92 Å². The van der Waals surface area contributed by atoms with Crippen molar-refractivity contribution in [3.8, 4) is 0 Å². The van der Waals surface area contributed by atoms with Gasteiger partial charge in [0.25, 0.3) is 0 Å². The Morgan fingerprint density at radius 1 is 1.17 bits per heavy atom. The molecule has 0 radical (unpaired) electrons. The van der Waals surface area contributed by atoms with E-state index in [1.165, 1.54) is 18.2 Å². The molecule has 2 aromatic rings. The van der Waals surface area contributed by atoms with Crippen molar-refractivity contribution in [2.75, 3.05) is 22.4 Å². The van der Waals surface area contributed by atoms with Crippen LogP contribution in [-0.4, -0.2) is 27.1 Å². The summed E-state index contributed by atoms with van der Waals surface area (Å²) in [6, 6.07) is 12.2. The van der Waals surface area contributed by atoms with Crippen molar-refractivity contribution in [1.29, 1.82) is 0 Å². The van der Waals surface area contributed by atoms with Gasteiger partial charge in [-0.2, -0.15) is 0 Å². The van der Waals surface area contributed by atoms with Crippen molar-refractivity contribution in [2.24, 2.45) is 0 Å². The van der Waals surface area contributed by atoms with Gasteiger partial charge in [-0.3, -0.25) is 9.10 Å². The largest absolute Gasteiger partial charge is 0.325 e. The number of amides is 1. The zero-order valence-electron chi connectivity index (χ0n) is 12.8. The van der Waals surface area contributed by atoms with Crippen molar-refractivity contribution in [3.05, 3.63) is 59.9 Å². The van der Waals surface area contributed by atoms with E-state index in [-0.39, 0.29) is 5.69 Å². The van der Waals surface area contributed by atoms with Gasteiger partial charge in [0.05, 0.1) is 11.9 Å². The van der Waals surface area contributed by atoms with Gasteiger partial charge in [0.1, 0.15) is 12.4 Å². The number of rotatable bonds is 5. The van der Waals surface area contributed by atoms with E-state index >= 15 is 0 Å². The Labute approximate surface area is 134 Å². The van der Waals surface area contributed by atoms with Crippen LogP contribution in [0.4, 0.5) is 15.8 Å². The normalized spacial score (nSPS) is 11.1. The maximum Gasteiger partial charge on any atom is 0.245 e. The first-order valence-corrected chi connectivity index (χ1v) is 8.70. The fraction of sp³-hybridized carbons (Fsp3) is 0.188. The number of nitrogens with one attached hydrogen (secondary N) is 1. The molecule has 0 aromatic heterocycles. The van der Waals surface area contributed by atoms with Gasteiger partial charge in [-0.15, -0.1) is 0 Å². The number of halogens is 1. The van der Waals surface area contributed by atoms with E-state index in [1.54, 1.807) is 12.1 Å². The Hall–Kier alpha value is -2.41. The molecule has 122 valence electrons. The second-order valence-electron chi connectivity index (χ2n) is 5.16. The summed E-state index contributed by atoms with van der Waals surface area (Å²) in [6.45, 7) is 1.48. The summed E-state index contributed by atoms with van der Waals surface area (Å²) in [5, 5.41) is 2.62. The van der Waals surface area contributed by atoms with Crippen LogP contribution in [0.5, 0.6) is 0 Å². The number of nitrogens with zero attached hydrogens (tertiary/aromatic N) is 1. The maximum atomic E-state index is 13.3. The number of anilines is 2. The van der Waals surface area contributed by atoms with Gasteiger partial charge in [-0.05, 0) is 37.3 Å². The fourth-order valence-electron chi connectivity index (χ4n) is 2.00. The maximum absolute atomic E-state index is 13.3. The van der Waals surface area contributed by atoms with Gasteiger partial charge in [0.2, 0.25) is 15.9 Å². The van der Waals surface area contributed by atoms with E-state index in [0.29, 0.717) is 5.69 Å². The lowest BCUT2D eigenvalue weighted by atomic mass is 10.2. The third-order valence-electron chi connectivity index (χ3n) is 3.12. The minimum Gasteiger partial charge on any atom is -0.325 e. The Bertz CT molecular complexity index is 804. The number of hydrogen-bond donors (Lipinski definition) is 1. The van der Waals surface area contributed by atoms with Crippen LogP contribution in [0.2, 0.25) is 0 Å². The van der Waals surface area contributed by atoms with Gasteiger partial charge < -0.3 is 5.32 Å². The van der Waals surface area contributed by atoms with Gasteiger partial charge in [0, 0.05) is 5.69 Å². The zero-order chi connectivity index (χ0) is 17.0. The number of aryl methyl sites for hydroxylation is 1. The number of sulfonamides is 1. The third kappa shape index (κ3) is 4.79. The molecule has 1 amide bonds. The third-order valence-corrected chi connectivity index (χ3v) is 4.26. The van der Waals surface area contributed by atoms with Crippen LogP contribution in [-0.2, 0) is 14.8 Å². The molecule has 0 fully saturated rings. The Kier molecular flexibility index (Phi) is 5.00. The lowest BCUT2D eigenvalue weighted by Gasteiger charge is -2.21. The minimum atomic E-state index is -3.72. The lowest BCUT2D eigenvalue weighted by Crippen LogP contribution is -2.37. The van der Waals surface area contributed by atoms with Crippen LogP contribution >= 0.6 is 0 Å². The first kappa shape index (κ1) is 17.0. The molecule has 23 heavy (non-hydrogen) atoms. The number of hydrogen-bond acceptors (Lipinski definition) is 3. The van der Waals surface area contributed by atoms with E-state index in [0.717, 1.165) is 22.2 Å². The Balaban J connectivity index is 2.18. The molecule has 0 aliphatic carbocycles. The molecule has 2 aromatic carbocycles. The molecule has 0 unspecified atom stereocenters. The summed E-state index contributed by atoms with van der Waals surface area (Å²) in [5.41, 5.74) is 1.71. The van der Waals surface area contributed by atoms with E-state index in [4.69, 9.17) is 0 Å². The molecule has 5 nitrogen and oxygen atoms in total. The average molecular weight is 336 g/mol. The highest BCUT2D eigenvalue weighted by molar-refractivity contribution is 7.92. The predicted octanol–water partition coefficient (Wildman–Crippen LogP) is 2.54. The lowest BCUT2D eigenvalue weighted by molar-refractivity contribution is -0.114. The zero-order valence-corrected chi connectivity index (χ0v) is 13.6. The molecule has 7 heteroatoms. The quantitative estimate of drug-likeness (QED) is 0.912. The Morgan fingerprint density at radius 2 is 1.83 bits per heavy atom. The molecular formula is C16H17FN2O3S. The summed E-state index contributed by atoms with van der Waals surface area (Å²) >= 11 is 0. The van der Waals surface area contributed by atoms with Crippen molar-refractivity contribution in [3.63, 3.8) is 0 Å². The molecular weight excluding hydrogens is 319 g/mol. The Morgan fingerprint density at radius 3 is 2.39 bits per heavy atom. The summed E-state index contributed by atoms with van der Waals surface area (Å²) in [7, 11) is -3.72. The first-order valence-electron chi connectivity index (χ1n) is 6.85. The first-order chi connectivity index (χ1) is 10.8. The van der Waals surface area contributed by atoms with Crippen molar-refractivity contribution >= 4 is 27.3 Å². The van der Waals surface area contributed by atoms with E-state index in [2.05, 4.69) is 5.32 Å². The molecule has 0 heterocycles. The number of benzene rings is 2. The molecule has 0 bridgehead atoms. The second-order valence-corrected chi connectivity index (χ2v) is 7.07. The van der Waals surface area contributed by atoms with Crippen molar-refractivity contribution < 1.29 is 17.6 Å². The van der Waals surface area contributed by atoms with Crippen LogP contribution < -0.4 is 9.62 Å². The molecule has 1 N–H and O–H groups in total. The minimum absolute atomic E-state index is 0.103. The standard InChI is InChI=1S/C16H17FN2O3S/c1-12-6-8-14(9-7-12)18-16(20)11-19(23(2,21)22)15-5-3-4-13(17)10-15/h3-10H,11H2,1-2H3,(H,18,20). The molecule has 0 spiro atoms. The van der Waals surface area contributed by atoms with Crippen LogP contribution in [0.1, 0.15) is 5.56 Å². The summed E-state index contributed by atoms with van der Waals surface area (Å²) < 4.78 is 38.0. The van der Waals surface area contributed by atoms with Crippen LogP contribution in [0, 0.1) is 12.7 Å². The van der Waals surface area contributed by atoms with Gasteiger partial charge in [0.15, 0.2) is 0 Å². The number of carbonyl (C=O) groups excluding carboxylic acids is 1. The summed E-state index contributed by atoms with van der Waals surface area (Å²) in [5.74, 6) is -1.08. The van der Waals surface area contributed by atoms with Crippen LogP contribution in [0.3, 0.4) is 0 Å². The topological polar surface area (TPSA) is 66.5 Å². The highest BCUT2D eigenvalue weighted by Gasteiger charge is 2.21. The molecule has 0 saturated carbocycles. The molecule has 0 aliphatic rings. The summed E-state index contributed by atoms with van der Waals surface area (Å²) in [6.07, 6.45) is 0.969. The van der Waals surface area contributed by atoms with Crippen molar-refractivity contribution in [1.82, 2.24) is 0 Å². The molecule has 0 saturated heterocycles. The highest BCUT2D eigenvalue weighted by Crippen LogP contribution is 2.18.